The third-order valence-corrected chi connectivity index (χ3v) is 7.14. The van der Waals surface area contributed by atoms with E-state index in [1.807, 2.05) is 36.7 Å². The molecule has 0 bridgehead atoms. The number of urea groups is 1. The van der Waals surface area contributed by atoms with Gasteiger partial charge < -0.3 is 15.1 Å². The number of anilines is 1. The van der Waals surface area contributed by atoms with Gasteiger partial charge in [-0.3, -0.25) is 4.68 Å². The number of hydrogen-bond acceptors (Lipinski definition) is 5. The van der Waals surface area contributed by atoms with Crippen molar-refractivity contribution in [3.8, 4) is 0 Å². The Bertz CT molecular complexity index is 1330. The minimum Gasteiger partial charge on any atom is -0.352 e. The van der Waals surface area contributed by atoms with Gasteiger partial charge in [0.15, 0.2) is 0 Å². The lowest BCUT2D eigenvalue weighted by Crippen LogP contribution is -2.63. The minimum absolute atomic E-state index is 0.126. The van der Waals surface area contributed by atoms with E-state index >= 15 is 0 Å². The van der Waals surface area contributed by atoms with Gasteiger partial charge in [-0.15, -0.1) is 0 Å². The van der Waals surface area contributed by atoms with Gasteiger partial charge in [-0.05, 0) is 57.0 Å². The smallest absolute Gasteiger partial charge is 0.318 e. The molecule has 1 aromatic carbocycles. The number of aryl methyl sites for hydroxylation is 2. The van der Waals surface area contributed by atoms with E-state index in [1.165, 1.54) is 17.7 Å². The highest BCUT2D eigenvalue weighted by molar-refractivity contribution is 5.91. The fraction of sp³-hybridized carbons (Fsp3) is 0.407. The predicted molar refractivity (Wildman–Crippen MR) is 138 cm³/mol. The molecule has 1 saturated heterocycles. The molecule has 1 atom stereocenters. The van der Waals surface area contributed by atoms with Crippen LogP contribution in [0.2, 0.25) is 0 Å². The number of amides is 2. The lowest BCUT2D eigenvalue weighted by Gasteiger charge is -2.47. The number of carbonyl (C=O) groups excluding carboxylic acids is 1. The SMILES string of the molecule is Cc1nn(C)cc1C1=Cc2c(ncnc2N2CCN(C(=O)N[C@@H](C)c3ccc(F)cc3)C(C)(C)C2)C1. The predicted octanol–water partition coefficient (Wildman–Crippen LogP) is 4.13. The van der Waals surface area contributed by atoms with Crippen LogP contribution in [0.4, 0.5) is 15.0 Å². The quantitative estimate of drug-likeness (QED) is 0.596. The molecule has 5 rings (SSSR count). The van der Waals surface area contributed by atoms with Crippen LogP contribution in [0.15, 0.2) is 36.8 Å². The van der Waals surface area contributed by atoms with Crippen LogP contribution in [-0.4, -0.2) is 55.9 Å². The first kappa shape index (κ1) is 24.0. The first-order chi connectivity index (χ1) is 17.1. The van der Waals surface area contributed by atoms with E-state index in [-0.39, 0.29) is 17.9 Å². The molecule has 2 aromatic heterocycles. The summed E-state index contributed by atoms with van der Waals surface area (Å²) >= 11 is 0. The Labute approximate surface area is 210 Å². The first-order valence-electron chi connectivity index (χ1n) is 12.3. The molecule has 8 nitrogen and oxygen atoms in total. The van der Waals surface area contributed by atoms with Gasteiger partial charge in [0.25, 0.3) is 0 Å². The van der Waals surface area contributed by atoms with Crippen molar-refractivity contribution in [3.63, 3.8) is 0 Å². The van der Waals surface area contributed by atoms with E-state index < -0.39 is 5.54 Å². The summed E-state index contributed by atoms with van der Waals surface area (Å²) in [6.07, 6.45) is 6.63. The number of allylic oxidation sites excluding steroid dienone is 1. The Hall–Kier alpha value is -3.75. The number of piperazine rings is 1. The number of nitrogens with one attached hydrogen (secondary N) is 1. The maximum Gasteiger partial charge on any atom is 0.318 e. The van der Waals surface area contributed by atoms with Crippen molar-refractivity contribution < 1.29 is 9.18 Å². The standard InChI is InChI=1S/C27H32FN7O/c1-17(19-6-8-21(28)9-7-19)31-26(36)35-11-10-34(15-27(35,3)4)25-22-12-20(13-24(22)29-16-30-25)23-14-33(5)32-18(23)2/h6-9,12,14,16-17H,10-11,13,15H2,1-5H3,(H,31,36)/t17-/m0/s1. The van der Waals surface area contributed by atoms with E-state index in [0.29, 0.717) is 19.6 Å². The lowest BCUT2D eigenvalue weighted by molar-refractivity contribution is 0.121. The number of nitrogens with zero attached hydrogens (tertiary/aromatic N) is 6. The van der Waals surface area contributed by atoms with Gasteiger partial charge in [-0.1, -0.05) is 12.1 Å². The fourth-order valence-electron chi connectivity index (χ4n) is 5.27. The van der Waals surface area contributed by atoms with Crippen LogP contribution < -0.4 is 10.2 Å². The molecule has 1 fully saturated rings. The second kappa shape index (κ2) is 9.04. The highest BCUT2D eigenvalue weighted by Crippen LogP contribution is 2.37. The van der Waals surface area contributed by atoms with Crippen molar-refractivity contribution >= 4 is 23.5 Å². The zero-order chi connectivity index (χ0) is 25.6. The second-order valence-corrected chi connectivity index (χ2v) is 10.3. The van der Waals surface area contributed by atoms with E-state index in [2.05, 4.69) is 45.2 Å². The first-order valence-corrected chi connectivity index (χ1v) is 12.3. The van der Waals surface area contributed by atoms with Gasteiger partial charge >= 0.3 is 6.03 Å². The van der Waals surface area contributed by atoms with E-state index in [1.54, 1.807) is 18.5 Å². The largest absolute Gasteiger partial charge is 0.352 e. The number of aromatic nitrogens is 4. The highest BCUT2D eigenvalue weighted by atomic mass is 19.1. The molecule has 1 aliphatic heterocycles. The third kappa shape index (κ3) is 4.45. The molecule has 3 heterocycles. The van der Waals surface area contributed by atoms with Crippen molar-refractivity contribution in [1.29, 1.82) is 0 Å². The fourth-order valence-corrected chi connectivity index (χ4v) is 5.27. The molecule has 0 radical (unpaired) electrons. The van der Waals surface area contributed by atoms with Crippen molar-refractivity contribution in [2.75, 3.05) is 24.5 Å². The molecule has 0 unspecified atom stereocenters. The van der Waals surface area contributed by atoms with Gasteiger partial charge in [0.1, 0.15) is 18.0 Å². The molecule has 0 saturated carbocycles. The topological polar surface area (TPSA) is 79.2 Å². The molecule has 2 amide bonds. The van der Waals surface area contributed by atoms with Crippen molar-refractivity contribution in [3.05, 3.63) is 70.7 Å². The highest BCUT2D eigenvalue weighted by Gasteiger charge is 2.38. The molecular formula is C27H32FN7O. The molecule has 36 heavy (non-hydrogen) atoms. The average molecular weight is 490 g/mol. The Morgan fingerprint density at radius 1 is 1.17 bits per heavy atom. The molecule has 2 aliphatic rings. The zero-order valence-corrected chi connectivity index (χ0v) is 21.4. The van der Waals surface area contributed by atoms with Crippen LogP contribution in [0, 0.1) is 12.7 Å². The van der Waals surface area contributed by atoms with Crippen LogP contribution in [0.3, 0.4) is 0 Å². The van der Waals surface area contributed by atoms with Gasteiger partial charge in [0.05, 0.1) is 23.0 Å². The van der Waals surface area contributed by atoms with Crippen LogP contribution in [-0.2, 0) is 13.5 Å². The van der Waals surface area contributed by atoms with Gasteiger partial charge in [0.2, 0.25) is 0 Å². The van der Waals surface area contributed by atoms with Gasteiger partial charge in [-0.2, -0.15) is 5.10 Å². The monoisotopic (exact) mass is 489 g/mol. The van der Waals surface area contributed by atoms with Crippen molar-refractivity contribution in [2.45, 2.75) is 45.7 Å². The summed E-state index contributed by atoms with van der Waals surface area (Å²) in [6, 6.07) is 5.88. The molecule has 1 aliphatic carbocycles. The number of benzene rings is 1. The number of fused-ring (bicyclic) bond motifs is 1. The van der Waals surface area contributed by atoms with Gasteiger partial charge in [0, 0.05) is 50.4 Å². The summed E-state index contributed by atoms with van der Waals surface area (Å²) < 4.78 is 15.1. The zero-order valence-electron chi connectivity index (χ0n) is 21.4. The van der Waals surface area contributed by atoms with Gasteiger partial charge in [-0.25, -0.2) is 19.2 Å². The van der Waals surface area contributed by atoms with E-state index in [9.17, 15) is 9.18 Å². The lowest BCUT2D eigenvalue weighted by atomic mass is 9.98. The summed E-state index contributed by atoms with van der Waals surface area (Å²) in [6.45, 7) is 9.95. The summed E-state index contributed by atoms with van der Waals surface area (Å²) in [5.41, 5.74) is 5.85. The normalized spacial score (nSPS) is 17.6. The van der Waals surface area contributed by atoms with Crippen LogP contribution >= 0.6 is 0 Å². The molecule has 0 spiro atoms. The molecule has 188 valence electrons. The van der Waals surface area contributed by atoms with Crippen LogP contribution in [0.1, 0.15) is 54.9 Å². The Kier molecular flexibility index (Phi) is 6.02. The number of hydrogen-bond donors (Lipinski definition) is 1. The number of carbonyl (C=O) groups is 1. The molecular weight excluding hydrogens is 457 g/mol. The minimum atomic E-state index is -0.423. The average Bonchev–Trinajstić information content (AvgIpc) is 3.40. The summed E-state index contributed by atoms with van der Waals surface area (Å²) in [7, 11) is 1.93. The van der Waals surface area contributed by atoms with E-state index in [0.717, 1.165) is 40.3 Å². The second-order valence-electron chi connectivity index (χ2n) is 10.3. The van der Waals surface area contributed by atoms with Crippen molar-refractivity contribution in [1.82, 2.24) is 30.0 Å². The summed E-state index contributed by atoms with van der Waals surface area (Å²) in [4.78, 5) is 26.6. The molecule has 9 heteroatoms. The third-order valence-electron chi connectivity index (χ3n) is 7.14. The number of rotatable bonds is 4. The Morgan fingerprint density at radius 3 is 2.58 bits per heavy atom. The maximum absolute atomic E-state index is 13.3. The van der Waals surface area contributed by atoms with Crippen LogP contribution in [0.25, 0.3) is 11.6 Å². The Balaban J connectivity index is 1.32. The summed E-state index contributed by atoms with van der Waals surface area (Å²) in [5.74, 6) is 0.618. The van der Waals surface area contributed by atoms with Crippen LogP contribution in [0.5, 0.6) is 0 Å². The molecule has 1 N–H and O–H groups in total. The summed E-state index contributed by atoms with van der Waals surface area (Å²) in [5, 5.41) is 7.56. The Morgan fingerprint density at radius 2 is 1.92 bits per heavy atom. The maximum atomic E-state index is 13.3. The van der Waals surface area contributed by atoms with Crippen molar-refractivity contribution in [2.24, 2.45) is 7.05 Å². The molecule has 3 aromatic rings. The van der Waals surface area contributed by atoms with E-state index in [4.69, 9.17) is 0 Å². The number of halogens is 1.